The fourth-order valence-corrected chi connectivity index (χ4v) is 2.16. The molecule has 2 atom stereocenters. The van der Waals surface area contributed by atoms with Gasteiger partial charge in [-0.15, -0.1) is 12.4 Å². The summed E-state index contributed by atoms with van der Waals surface area (Å²) in [6.07, 6.45) is 0.170. The molecule has 2 unspecified atom stereocenters. The minimum atomic E-state index is -1.05. The maximum Gasteiger partial charge on any atom is 0.410 e. The third-order valence-electron chi connectivity index (χ3n) is 3.48. The predicted octanol–water partition coefficient (Wildman–Crippen LogP) is 1.53. The molecule has 20 heavy (non-hydrogen) atoms. The average Bonchev–Trinajstić information content (AvgIpc) is 2.40. The highest BCUT2D eigenvalue weighted by molar-refractivity contribution is 5.85. The van der Waals surface area contributed by atoms with E-state index in [4.69, 9.17) is 10.5 Å². The number of hydrogen-bond donors (Lipinski definition) is 2. The van der Waals surface area contributed by atoms with Crippen LogP contribution < -0.4 is 5.73 Å². The van der Waals surface area contributed by atoms with Crippen LogP contribution in [0.25, 0.3) is 0 Å². The average molecular weight is 301 g/mol. The third kappa shape index (κ3) is 4.10. The van der Waals surface area contributed by atoms with Crippen molar-refractivity contribution in [2.24, 2.45) is 5.73 Å². The number of carbonyl (C=O) groups is 1. The van der Waals surface area contributed by atoms with Gasteiger partial charge in [-0.2, -0.15) is 0 Å². The standard InChI is InChI=1S/C14H20N2O3.ClH/c1-14(18)10-16(8-7-12(14)15)13(17)19-9-11-5-3-2-4-6-11;/h2-6,12,18H,7-10,15H2,1H3;1H. The molecule has 2 rings (SSSR count). The van der Waals surface area contributed by atoms with Crippen molar-refractivity contribution in [3.63, 3.8) is 0 Å². The van der Waals surface area contributed by atoms with Gasteiger partial charge in [0.25, 0.3) is 0 Å². The molecule has 0 aliphatic carbocycles. The van der Waals surface area contributed by atoms with Crippen LogP contribution in [0.2, 0.25) is 0 Å². The van der Waals surface area contributed by atoms with E-state index >= 15 is 0 Å². The number of carbonyl (C=O) groups excluding carboxylic acids is 1. The fourth-order valence-electron chi connectivity index (χ4n) is 2.16. The molecule has 1 amide bonds. The van der Waals surface area contributed by atoms with E-state index in [0.29, 0.717) is 13.0 Å². The molecule has 1 heterocycles. The number of benzene rings is 1. The lowest BCUT2D eigenvalue weighted by Gasteiger charge is -2.40. The van der Waals surface area contributed by atoms with Gasteiger partial charge < -0.3 is 20.5 Å². The van der Waals surface area contributed by atoms with Crippen LogP contribution >= 0.6 is 12.4 Å². The molecule has 1 fully saturated rings. The number of amides is 1. The minimum absolute atomic E-state index is 0. The van der Waals surface area contributed by atoms with E-state index in [-0.39, 0.29) is 31.6 Å². The monoisotopic (exact) mass is 300 g/mol. The van der Waals surface area contributed by atoms with E-state index < -0.39 is 11.7 Å². The van der Waals surface area contributed by atoms with Crippen molar-refractivity contribution in [2.75, 3.05) is 13.1 Å². The van der Waals surface area contributed by atoms with Gasteiger partial charge >= 0.3 is 6.09 Å². The molecular weight excluding hydrogens is 280 g/mol. The van der Waals surface area contributed by atoms with Crippen LogP contribution in [0.5, 0.6) is 0 Å². The summed E-state index contributed by atoms with van der Waals surface area (Å²) in [5.74, 6) is 0. The molecule has 0 aromatic heterocycles. The molecule has 1 aromatic carbocycles. The normalized spacial score (nSPS) is 25.8. The van der Waals surface area contributed by atoms with Crippen molar-refractivity contribution < 1.29 is 14.6 Å². The first-order valence-electron chi connectivity index (χ1n) is 6.42. The molecule has 6 heteroatoms. The molecule has 5 nitrogen and oxygen atoms in total. The number of hydrogen-bond acceptors (Lipinski definition) is 4. The molecule has 0 saturated carbocycles. The Morgan fingerprint density at radius 2 is 2.15 bits per heavy atom. The lowest BCUT2D eigenvalue weighted by atomic mass is 9.90. The number of ether oxygens (including phenoxy) is 1. The molecule has 0 spiro atoms. The Balaban J connectivity index is 0.00000200. The number of rotatable bonds is 2. The molecular formula is C14H21ClN2O3. The maximum atomic E-state index is 11.9. The van der Waals surface area contributed by atoms with E-state index in [0.717, 1.165) is 5.56 Å². The lowest BCUT2D eigenvalue weighted by molar-refractivity contribution is -0.0314. The molecule has 0 bridgehead atoms. The van der Waals surface area contributed by atoms with Gasteiger partial charge in [0.2, 0.25) is 0 Å². The van der Waals surface area contributed by atoms with Crippen LogP contribution in [0.15, 0.2) is 30.3 Å². The summed E-state index contributed by atoms with van der Waals surface area (Å²) >= 11 is 0. The summed E-state index contributed by atoms with van der Waals surface area (Å²) in [5.41, 5.74) is 5.70. The number of β-amino-alcohol motifs (C(OH)–C–C–N with tert-alkyl or cyclic N) is 1. The first-order valence-corrected chi connectivity index (χ1v) is 6.42. The topological polar surface area (TPSA) is 75.8 Å². The summed E-state index contributed by atoms with van der Waals surface area (Å²) in [7, 11) is 0. The van der Waals surface area contributed by atoms with Crippen LogP contribution in [0.4, 0.5) is 4.79 Å². The van der Waals surface area contributed by atoms with Gasteiger partial charge in [-0.1, -0.05) is 30.3 Å². The number of nitrogens with two attached hydrogens (primary N) is 1. The third-order valence-corrected chi connectivity index (χ3v) is 3.48. The van der Waals surface area contributed by atoms with E-state index in [1.54, 1.807) is 6.92 Å². The molecule has 1 aliphatic heterocycles. The Hall–Kier alpha value is -1.30. The Kier molecular flexibility index (Phi) is 5.80. The minimum Gasteiger partial charge on any atom is -0.445 e. The molecule has 1 aromatic rings. The Labute approximate surface area is 125 Å². The number of piperidine rings is 1. The van der Waals surface area contributed by atoms with E-state index in [1.165, 1.54) is 4.90 Å². The maximum absolute atomic E-state index is 11.9. The number of halogens is 1. The summed E-state index contributed by atoms with van der Waals surface area (Å²) in [6.45, 7) is 2.62. The highest BCUT2D eigenvalue weighted by Gasteiger charge is 2.37. The van der Waals surface area contributed by atoms with E-state index in [9.17, 15) is 9.90 Å². The van der Waals surface area contributed by atoms with Crippen LogP contribution in [-0.4, -0.2) is 40.8 Å². The van der Waals surface area contributed by atoms with E-state index in [2.05, 4.69) is 0 Å². The molecule has 112 valence electrons. The zero-order valence-electron chi connectivity index (χ0n) is 11.5. The zero-order valence-corrected chi connectivity index (χ0v) is 12.3. The largest absolute Gasteiger partial charge is 0.445 e. The van der Waals surface area contributed by atoms with Gasteiger partial charge in [0.1, 0.15) is 6.61 Å². The molecule has 0 radical (unpaired) electrons. The smallest absolute Gasteiger partial charge is 0.410 e. The molecule has 3 N–H and O–H groups in total. The molecule has 1 saturated heterocycles. The summed E-state index contributed by atoms with van der Waals surface area (Å²) < 4.78 is 5.23. The summed E-state index contributed by atoms with van der Waals surface area (Å²) in [6, 6.07) is 9.20. The van der Waals surface area contributed by atoms with Crippen molar-refractivity contribution in [1.82, 2.24) is 4.90 Å². The van der Waals surface area contributed by atoms with Crippen molar-refractivity contribution in [2.45, 2.75) is 31.6 Å². The Morgan fingerprint density at radius 1 is 1.50 bits per heavy atom. The van der Waals surface area contributed by atoms with Gasteiger partial charge in [0.05, 0.1) is 12.1 Å². The number of likely N-dealkylation sites (tertiary alicyclic amines) is 1. The molecule has 1 aliphatic rings. The predicted molar refractivity (Wildman–Crippen MR) is 78.7 cm³/mol. The van der Waals surface area contributed by atoms with Crippen LogP contribution in [0, 0.1) is 0 Å². The van der Waals surface area contributed by atoms with Crippen molar-refractivity contribution in [3.8, 4) is 0 Å². The number of nitrogens with zero attached hydrogens (tertiary/aromatic N) is 1. The Morgan fingerprint density at radius 3 is 2.75 bits per heavy atom. The summed E-state index contributed by atoms with van der Waals surface area (Å²) in [5, 5.41) is 10.1. The van der Waals surface area contributed by atoms with Gasteiger partial charge in [0, 0.05) is 12.6 Å². The Bertz CT molecular complexity index is 439. The van der Waals surface area contributed by atoms with Crippen molar-refractivity contribution in [3.05, 3.63) is 35.9 Å². The second-order valence-electron chi connectivity index (χ2n) is 5.21. The first-order chi connectivity index (χ1) is 8.99. The fraction of sp³-hybridized carbons (Fsp3) is 0.500. The van der Waals surface area contributed by atoms with Gasteiger partial charge in [-0.3, -0.25) is 0 Å². The van der Waals surface area contributed by atoms with Crippen LogP contribution in [0.3, 0.4) is 0 Å². The van der Waals surface area contributed by atoms with Crippen LogP contribution in [0.1, 0.15) is 18.9 Å². The van der Waals surface area contributed by atoms with Gasteiger partial charge in [-0.05, 0) is 18.9 Å². The SMILES string of the molecule is CC1(O)CN(C(=O)OCc2ccccc2)CCC1N.Cl. The quantitative estimate of drug-likeness (QED) is 0.868. The number of aliphatic hydroxyl groups is 1. The van der Waals surface area contributed by atoms with Crippen molar-refractivity contribution in [1.29, 1.82) is 0 Å². The highest BCUT2D eigenvalue weighted by atomic mass is 35.5. The van der Waals surface area contributed by atoms with Crippen LogP contribution in [-0.2, 0) is 11.3 Å². The van der Waals surface area contributed by atoms with Crippen molar-refractivity contribution >= 4 is 18.5 Å². The highest BCUT2D eigenvalue weighted by Crippen LogP contribution is 2.20. The lowest BCUT2D eigenvalue weighted by Crippen LogP contribution is -2.59. The second-order valence-corrected chi connectivity index (χ2v) is 5.21. The van der Waals surface area contributed by atoms with Gasteiger partial charge in [-0.25, -0.2) is 4.79 Å². The van der Waals surface area contributed by atoms with E-state index in [1.807, 2.05) is 30.3 Å². The first kappa shape index (κ1) is 16.8. The van der Waals surface area contributed by atoms with Gasteiger partial charge in [0.15, 0.2) is 0 Å². The summed E-state index contributed by atoms with van der Waals surface area (Å²) in [4.78, 5) is 13.4. The second kappa shape index (κ2) is 6.92. The zero-order chi connectivity index (χ0) is 13.9.